The number of aliphatic hydroxyl groups excluding tert-OH is 1. The highest BCUT2D eigenvalue weighted by Gasteiger charge is 2.20. The van der Waals surface area contributed by atoms with E-state index in [2.05, 4.69) is 17.1 Å². The van der Waals surface area contributed by atoms with Crippen LogP contribution in [-0.4, -0.2) is 41.5 Å². The molecule has 28 heavy (non-hydrogen) atoms. The minimum atomic E-state index is -0.670. The highest BCUT2D eigenvalue weighted by molar-refractivity contribution is 7.99. The van der Waals surface area contributed by atoms with Gasteiger partial charge in [0, 0.05) is 32.3 Å². The second-order valence-corrected chi connectivity index (χ2v) is 7.93. The van der Waals surface area contributed by atoms with Crippen LogP contribution in [0.15, 0.2) is 45.1 Å². The number of fused-ring (bicyclic) bond motifs is 1. The maximum atomic E-state index is 12.8. The largest absolute Gasteiger partial charge is 0.391 e. The molecule has 2 heterocycles. The Labute approximate surface area is 171 Å². The zero-order chi connectivity index (χ0) is 20.3. The summed E-state index contributed by atoms with van der Waals surface area (Å²) in [6.45, 7) is 0.581. The van der Waals surface area contributed by atoms with Crippen LogP contribution in [-0.2, 0) is 27.1 Å². The Balaban J connectivity index is 1.98. The van der Waals surface area contributed by atoms with E-state index in [-0.39, 0.29) is 11.4 Å². The van der Waals surface area contributed by atoms with Crippen LogP contribution in [0, 0.1) is 0 Å². The predicted molar refractivity (Wildman–Crippen MR) is 112 cm³/mol. The minimum Gasteiger partial charge on any atom is -0.391 e. The lowest BCUT2D eigenvalue weighted by Crippen LogP contribution is -2.37. The Morgan fingerprint density at radius 1 is 1.18 bits per heavy atom. The molecule has 2 aromatic heterocycles. The number of aryl methyl sites for hydroxylation is 3. The van der Waals surface area contributed by atoms with E-state index in [4.69, 9.17) is 11.6 Å². The van der Waals surface area contributed by atoms with Gasteiger partial charge < -0.3 is 9.67 Å². The van der Waals surface area contributed by atoms with Crippen LogP contribution in [0.4, 0.5) is 0 Å². The summed E-state index contributed by atoms with van der Waals surface area (Å²) in [5.41, 5.74) is 1.20. The fraction of sp³-hybridized carbons (Fsp3) is 0.421. The molecule has 150 valence electrons. The number of thioether (sulfide) groups is 1. The van der Waals surface area contributed by atoms with Gasteiger partial charge in [0.2, 0.25) is 0 Å². The van der Waals surface area contributed by atoms with Crippen molar-refractivity contribution in [1.82, 2.24) is 18.7 Å². The summed E-state index contributed by atoms with van der Waals surface area (Å²) in [6, 6.07) is 10.1. The van der Waals surface area contributed by atoms with Crippen molar-refractivity contribution in [3.8, 4) is 0 Å². The first-order valence-electron chi connectivity index (χ1n) is 9.01. The maximum Gasteiger partial charge on any atom is 0.332 e. The quantitative estimate of drug-likeness (QED) is 0.442. The molecule has 0 saturated carbocycles. The van der Waals surface area contributed by atoms with E-state index in [1.165, 1.54) is 28.9 Å². The number of imidazole rings is 1. The van der Waals surface area contributed by atoms with Crippen LogP contribution in [0.25, 0.3) is 11.2 Å². The molecule has 0 fully saturated rings. The van der Waals surface area contributed by atoms with Gasteiger partial charge in [-0.25, -0.2) is 9.78 Å². The molecule has 0 unspecified atom stereocenters. The third-order valence-electron chi connectivity index (χ3n) is 4.59. The molecule has 0 bridgehead atoms. The molecule has 7 nitrogen and oxygen atoms in total. The lowest BCUT2D eigenvalue weighted by atomic mass is 10.1. The topological polar surface area (TPSA) is 82.1 Å². The summed E-state index contributed by atoms with van der Waals surface area (Å²) in [5.74, 6) is 0.487. The van der Waals surface area contributed by atoms with E-state index in [9.17, 15) is 14.7 Å². The van der Waals surface area contributed by atoms with Crippen molar-refractivity contribution in [2.24, 2.45) is 14.1 Å². The van der Waals surface area contributed by atoms with Crippen molar-refractivity contribution in [2.75, 3.05) is 11.6 Å². The number of nitrogens with zero attached hydrogens (tertiary/aromatic N) is 4. The van der Waals surface area contributed by atoms with Crippen molar-refractivity contribution in [3.05, 3.63) is 56.7 Å². The summed E-state index contributed by atoms with van der Waals surface area (Å²) in [4.78, 5) is 29.5. The Kier molecular flexibility index (Phi) is 6.64. The van der Waals surface area contributed by atoms with Gasteiger partial charge in [-0.1, -0.05) is 42.1 Å². The van der Waals surface area contributed by atoms with E-state index >= 15 is 0 Å². The molecule has 0 radical (unpaired) electrons. The number of halogens is 1. The SMILES string of the molecule is Cn1c(=O)c2c(nc(SC[C@H](O)CCl)n2CCCc2ccccc2)n(C)c1=O. The first-order valence-corrected chi connectivity index (χ1v) is 10.5. The molecular weight excluding hydrogens is 400 g/mol. The van der Waals surface area contributed by atoms with E-state index in [1.54, 1.807) is 7.05 Å². The number of benzene rings is 1. The van der Waals surface area contributed by atoms with Gasteiger partial charge in [-0.05, 0) is 18.4 Å². The fourth-order valence-electron chi connectivity index (χ4n) is 3.05. The van der Waals surface area contributed by atoms with Crippen molar-refractivity contribution in [2.45, 2.75) is 30.6 Å². The number of aromatic nitrogens is 4. The predicted octanol–water partition coefficient (Wildman–Crippen LogP) is 1.76. The highest BCUT2D eigenvalue weighted by Crippen LogP contribution is 2.23. The third kappa shape index (κ3) is 4.19. The van der Waals surface area contributed by atoms with Gasteiger partial charge in [0.25, 0.3) is 5.56 Å². The van der Waals surface area contributed by atoms with Gasteiger partial charge in [0.15, 0.2) is 16.3 Å². The summed E-state index contributed by atoms with van der Waals surface area (Å²) >= 11 is 7.03. The molecule has 0 aliphatic rings. The number of alkyl halides is 1. The monoisotopic (exact) mass is 422 g/mol. The molecule has 0 amide bonds. The van der Waals surface area contributed by atoms with Crippen LogP contribution < -0.4 is 11.2 Å². The highest BCUT2D eigenvalue weighted by atomic mass is 35.5. The number of rotatable bonds is 8. The molecule has 0 spiro atoms. The Hall–Kier alpha value is -2.03. The smallest absolute Gasteiger partial charge is 0.332 e. The van der Waals surface area contributed by atoms with E-state index in [1.807, 2.05) is 22.8 Å². The lowest BCUT2D eigenvalue weighted by Gasteiger charge is -2.10. The van der Waals surface area contributed by atoms with Crippen molar-refractivity contribution < 1.29 is 5.11 Å². The van der Waals surface area contributed by atoms with Gasteiger partial charge in [-0.15, -0.1) is 11.6 Å². The van der Waals surface area contributed by atoms with Crippen LogP contribution >= 0.6 is 23.4 Å². The van der Waals surface area contributed by atoms with Gasteiger partial charge >= 0.3 is 5.69 Å². The summed E-state index contributed by atoms with van der Waals surface area (Å²) in [5, 5.41) is 10.4. The molecule has 9 heteroatoms. The summed E-state index contributed by atoms with van der Waals surface area (Å²) in [7, 11) is 3.07. The van der Waals surface area contributed by atoms with Crippen LogP contribution in [0.1, 0.15) is 12.0 Å². The summed E-state index contributed by atoms with van der Waals surface area (Å²) < 4.78 is 4.33. The summed E-state index contributed by atoms with van der Waals surface area (Å²) in [6.07, 6.45) is 1.00. The second kappa shape index (κ2) is 8.98. The standard InChI is InChI=1S/C19H23ClN4O3S/c1-22-16-15(17(26)23(2)19(22)27)24(18(21-16)28-12-14(25)11-20)10-6-9-13-7-4-3-5-8-13/h3-5,7-8,14,25H,6,9-12H2,1-2H3/t14-/m1/s1. The Morgan fingerprint density at radius 2 is 1.89 bits per heavy atom. The molecular formula is C19H23ClN4O3S. The lowest BCUT2D eigenvalue weighted by molar-refractivity contribution is 0.223. The molecule has 0 aliphatic heterocycles. The number of hydrogen-bond donors (Lipinski definition) is 1. The normalized spacial score (nSPS) is 12.6. The molecule has 3 rings (SSSR count). The van der Waals surface area contributed by atoms with Crippen molar-refractivity contribution >= 4 is 34.5 Å². The van der Waals surface area contributed by atoms with E-state index < -0.39 is 11.8 Å². The Bertz CT molecular complexity index is 1070. The molecule has 1 atom stereocenters. The van der Waals surface area contributed by atoms with Crippen molar-refractivity contribution in [3.63, 3.8) is 0 Å². The molecule has 1 N–H and O–H groups in total. The first-order chi connectivity index (χ1) is 13.4. The van der Waals surface area contributed by atoms with Crippen LogP contribution in [0.2, 0.25) is 0 Å². The van der Waals surface area contributed by atoms with E-state index in [0.717, 1.165) is 17.4 Å². The van der Waals surface area contributed by atoms with Gasteiger partial charge in [0.1, 0.15) is 0 Å². The van der Waals surface area contributed by atoms with Crippen molar-refractivity contribution in [1.29, 1.82) is 0 Å². The Morgan fingerprint density at radius 3 is 2.57 bits per heavy atom. The van der Waals surface area contributed by atoms with Crippen LogP contribution in [0.5, 0.6) is 0 Å². The van der Waals surface area contributed by atoms with Gasteiger partial charge in [-0.3, -0.25) is 13.9 Å². The third-order valence-corrected chi connectivity index (χ3v) is 6.06. The zero-order valence-corrected chi connectivity index (χ0v) is 17.4. The molecule has 0 aliphatic carbocycles. The minimum absolute atomic E-state index is 0.126. The molecule has 3 aromatic rings. The number of aliphatic hydroxyl groups is 1. The average Bonchev–Trinajstić information content (AvgIpc) is 3.08. The molecule has 1 aromatic carbocycles. The second-order valence-electron chi connectivity index (χ2n) is 6.63. The maximum absolute atomic E-state index is 12.8. The first kappa shape index (κ1) is 20.7. The molecule has 0 saturated heterocycles. The van der Waals surface area contributed by atoms with Gasteiger partial charge in [0.05, 0.1) is 6.10 Å². The van der Waals surface area contributed by atoms with E-state index in [0.29, 0.717) is 28.6 Å². The zero-order valence-electron chi connectivity index (χ0n) is 15.8. The average molecular weight is 423 g/mol. The fourth-order valence-corrected chi connectivity index (χ4v) is 4.23. The van der Waals surface area contributed by atoms with Gasteiger partial charge in [-0.2, -0.15) is 0 Å². The number of hydrogen-bond acceptors (Lipinski definition) is 5. The van der Waals surface area contributed by atoms with Crippen LogP contribution in [0.3, 0.4) is 0 Å².